The average molecular weight is 484 g/mol. The maximum absolute atomic E-state index is 14.8. The first-order chi connectivity index (χ1) is 15.5. The molecule has 1 amide bonds. The van der Waals surface area contributed by atoms with Crippen molar-refractivity contribution in [2.24, 2.45) is 5.92 Å². The molecule has 1 aromatic heterocycles. The molecule has 1 unspecified atom stereocenters. The van der Waals surface area contributed by atoms with Crippen LogP contribution in [-0.2, 0) is 15.8 Å². The van der Waals surface area contributed by atoms with E-state index in [1.807, 2.05) is 0 Å². The Morgan fingerprint density at radius 2 is 1.85 bits per heavy atom. The third kappa shape index (κ3) is 3.92. The van der Waals surface area contributed by atoms with Gasteiger partial charge in [-0.25, -0.2) is 4.39 Å². The van der Waals surface area contributed by atoms with E-state index in [1.54, 1.807) is 0 Å². The summed E-state index contributed by atoms with van der Waals surface area (Å²) in [5.41, 5.74) is -2.33. The first-order valence-corrected chi connectivity index (χ1v) is 9.99. The fourth-order valence-corrected chi connectivity index (χ4v) is 4.06. The molecule has 2 aromatic carbocycles. The molecule has 1 aliphatic rings. The normalized spacial score (nSPS) is 16.9. The number of carbonyl (C=O) groups excluding carboxylic acids is 2. The second-order valence-electron chi connectivity index (χ2n) is 7.41. The van der Waals surface area contributed by atoms with E-state index in [0.717, 1.165) is 23.1 Å². The van der Waals surface area contributed by atoms with Gasteiger partial charge in [0.05, 0.1) is 33.0 Å². The maximum Gasteiger partial charge on any atom is 0.417 e. The summed E-state index contributed by atoms with van der Waals surface area (Å²) in [4.78, 5) is 38.0. The number of amides is 1. The molecule has 0 aliphatic carbocycles. The van der Waals surface area contributed by atoms with Gasteiger partial charge in [0.15, 0.2) is 5.82 Å². The molecule has 0 bridgehead atoms. The molecule has 0 radical (unpaired) electrons. The fraction of sp³-hybridized carbons (Fsp3) is 0.238. The summed E-state index contributed by atoms with van der Waals surface area (Å²) in [6.45, 7) is -0.121. The van der Waals surface area contributed by atoms with E-state index in [1.165, 1.54) is 12.1 Å². The van der Waals surface area contributed by atoms with Gasteiger partial charge in [-0.1, -0.05) is 23.7 Å². The minimum absolute atomic E-state index is 0.0561. The summed E-state index contributed by atoms with van der Waals surface area (Å²) >= 11 is 5.93. The highest BCUT2D eigenvalue weighted by Gasteiger charge is 2.38. The van der Waals surface area contributed by atoms with Gasteiger partial charge in [0, 0.05) is 13.0 Å². The number of carbonyl (C=O) groups is 3. The molecule has 7 nitrogen and oxygen atoms in total. The number of aromatic nitrogens is 2. The number of halogens is 5. The molecule has 1 aliphatic heterocycles. The van der Waals surface area contributed by atoms with Crippen molar-refractivity contribution in [3.05, 3.63) is 58.4 Å². The Morgan fingerprint density at radius 3 is 2.48 bits per heavy atom. The number of nitrogens with zero attached hydrogens (tertiary/aromatic N) is 3. The summed E-state index contributed by atoms with van der Waals surface area (Å²) in [5, 5.41) is 12.4. The van der Waals surface area contributed by atoms with Crippen LogP contribution < -0.4 is 4.90 Å². The van der Waals surface area contributed by atoms with Crippen molar-refractivity contribution >= 4 is 46.1 Å². The van der Waals surface area contributed by atoms with Crippen LogP contribution in [0.1, 0.15) is 28.8 Å². The molecule has 4 rings (SSSR count). The molecule has 1 N–H and O–H groups in total. The van der Waals surface area contributed by atoms with Crippen LogP contribution in [0.2, 0.25) is 5.02 Å². The smallest absolute Gasteiger partial charge is 0.417 e. The third-order valence-corrected chi connectivity index (χ3v) is 5.71. The van der Waals surface area contributed by atoms with Gasteiger partial charge >= 0.3 is 12.1 Å². The van der Waals surface area contributed by atoms with Gasteiger partial charge in [0.2, 0.25) is 5.91 Å². The average Bonchev–Trinajstić information content (AvgIpc) is 3.13. The van der Waals surface area contributed by atoms with E-state index in [4.69, 9.17) is 16.7 Å². The fourth-order valence-electron chi connectivity index (χ4n) is 3.80. The van der Waals surface area contributed by atoms with Crippen LogP contribution in [0.4, 0.5) is 23.4 Å². The second-order valence-corrected chi connectivity index (χ2v) is 7.82. The maximum atomic E-state index is 14.8. The molecule has 0 spiro atoms. The molecule has 2 heterocycles. The number of anilines is 1. The van der Waals surface area contributed by atoms with Gasteiger partial charge in [-0.2, -0.15) is 17.9 Å². The van der Waals surface area contributed by atoms with Crippen molar-refractivity contribution in [3.63, 3.8) is 0 Å². The Bertz CT molecular complexity index is 1300. The van der Waals surface area contributed by atoms with Crippen LogP contribution in [0.5, 0.6) is 0 Å². The van der Waals surface area contributed by atoms with Crippen molar-refractivity contribution in [2.75, 3.05) is 11.4 Å². The number of alkyl halides is 3. The van der Waals surface area contributed by atoms with E-state index in [0.29, 0.717) is 10.7 Å². The number of carboxylic acids is 1. The lowest BCUT2D eigenvalue weighted by Crippen LogP contribution is -2.41. The van der Waals surface area contributed by atoms with Gasteiger partial charge in [0.25, 0.3) is 5.91 Å². The van der Waals surface area contributed by atoms with E-state index in [2.05, 4.69) is 5.10 Å². The van der Waals surface area contributed by atoms with Crippen LogP contribution in [0.3, 0.4) is 0 Å². The number of benzene rings is 2. The highest BCUT2D eigenvalue weighted by atomic mass is 35.5. The minimum Gasteiger partial charge on any atom is -0.481 e. The zero-order valence-corrected chi connectivity index (χ0v) is 17.3. The van der Waals surface area contributed by atoms with Crippen molar-refractivity contribution in [3.8, 4) is 0 Å². The summed E-state index contributed by atoms with van der Waals surface area (Å²) in [6.07, 6.45) is -5.21. The van der Waals surface area contributed by atoms with Crippen LogP contribution in [0, 0.1) is 11.7 Å². The van der Waals surface area contributed by atoms with Gasteiger partial charge in [-0.3, -0.25) is 19.3 Å². The van der Waals surface area contributed by atoms with Crippen LogP contribution >= 0.6 is 11.6 Å². The standard InChI is InChI=1S/C21H14ClF4N3O4/c22-12-4-1-3-11(21(24,25)26)16(12)19(31)29-14-6-2-5-13(23)17(14)18(27-29)28-8-7-10(20(32)33)9-15(28)30/h1-6,10H,7-9H2,(H,32,33). The number of carboxylic acid groups (broad SMARTS) is 1. The van der Waals surface area contributed by atoms with Crippen molar-refractivity contribution in [1.29, 1.82) is 0 Å². The zero-order valence-electron chi connectivity index (χ0n) is 16.6. The molecule has 172 valence electrons. The summed E-state index contributed by atoms with van der Waals surface area (Å²) in [6, 6.07) is 6.39. The minimum atomic E-state index is -4.90. The Morgan fingerprint density at radius 1 is 1.15 bits per heavy atom. The summed E-state index contributed by atoms with van der Waals surface area (Å²) in [5.74, 6) is -5.15. The number of fused-ring (bicyclic) bond motifs is 1. The monoisotopic (exact) mass is 483 g/mol. The number of piperidine rings is 1. The highest BCUT2D eigenvalue weighted by molar-refractivity contribution is 6.34. The van der Waals surface area contributed by atoms with Crippen LogP contribution in [0.15, 0.2) is 36.4 Å². The quantitative estimate of drug-likeness (QED) is 0.559. The second kappa shape index (κ2) is 8.14. The number of hydrogen-bond donors (Lipinski definition) is 1. The lowest BCUT2D eigenvalue weighted by Gasteiger charge is -2.28. The molecule has 1 fully saturated rings. The van der Waals surface area contributed by atoms with Crippen molar-refractivity contribution in [2.45, 2.75) is 19.0 Å². The zero-order chi connectivity index (χ0) is 24.1. The Balaban J connectivity index is 1.87. The van der Waals surface area contributed by atoms with Gasteiger partial charge in [0.1, 0.15) is 5.82 Å². The van der Waals surface area contributed by atoms with Gasteiger partial charge in [-0.05, 0) is 30.7 Å². The molecule has 1 atom stereocenters. The number of rotatable bonds is 3. The van der Waals surface area contributed by atoms with E-state index < -0.39 is 51.8 Å². The predicted octanol–water partition coefficient (Wildman–Crippen LogP) is 4.36. The van der Waals surface area contributed by atoms with Gasteiger partial charge in [-0.15, -0.1) is 5.10 Å². The summed E-state index contributed by atoms with van der Waals surface area (Å²) < 4.78 is 55.9. The molecule has 33 heavy (non-hydrogen) atoms. The third-order valence-electron chi connectivity index (χ3n) is 5.39. The Kier molecular flexibility index (Phi) is 5.61. The van der Waals surface area contributed by atoms with E-state index >= 15 is 0 Å². The molecular weight excluding hydrogens is 470 g/mol. The van der Waals surface area contributed by atoms with E-state index in [-0.39, 0.29) is 36.1 Å². The molecule has 3 aromatic rings. The molecule has 1 saturated heterocycles. The van der Waals surface area contributed by atoms with Crippen LogP contribution in [-0.4, -0.2) is 39.2 Å². The van der Waals surface area contributed by atoms with E-state index in [9.17, 15) is 31.9 Å². The number of aliphatic carboxylic acids is 1. The predicted molar refractivity (Wildman–Crippen MR) is 109 cm³/mol. The SMILES string of the molecule is O=C(O)C1CCN(c2nn(C(=O)c3c(Cl)cccc3C(F)(F)F)c3cccc(F)c23)C(=O)C1. The lowest BCUT2D eigenvalue weighted by molar-refractivity contribution is -0.144. The molecule has 0 saturated carbocycles. The Labute approximate surface area is 188 Å². The largest absolute Gasteiger partial charge is 0.481 e. The van der Waals surface area contributed by atoms with Gasteiger partial charge < -0.3 is 5.11 Å². The molecule has 12 heteroatoms. The first-order valence-electron chi connectivity index (χ1n) is 9.61. The van der Waals surface area contributed by atoms with Crippen LogP contribution in [0.25, 0.3) is 10.9 Å². The number of hydrogen-bond acceptors (Lipinski definition) is 4. The topological polar surface area (TPSA) is 92.5 Å². The molecular formula is C21H14ClF4N3O4. The highest BCUT2D eigenvalue weighted by Crippen LogP contribution is 2.37. The summed E-state index contributed by atoms with van der Waals surface area (Å²) in [7, 11) is 0. The lowest BCUT2D eigenvalue weighted by atomic mass is 9.96. The van der Waals surface area contributed by atoms with Crippen molar-refractivity contribution in [1.82, 2.24) is 9.78 Å². The Hall–Kier alpha value is -3.47. The van der Waals surface area contributed by atoms with Crippen molar-refractivity contribution < 1.29 is 37.1 Å². The first kappa shape index (κ1) is 22.7.